The van der Waals surface area contributed by atoms with Crippen molar-refractivity contribution in [2.24, 2.45) is 5.73 Å². The first kappa shape index (κ1) is 10.4. The lowest BCUT2D eigenvalue weighted by molar-refractivity contribution is 0.310. The molecule has 15 heavy (non-hydrogen) atoms. The predicted molar refractivity (Wildman–Crippen MR) is 59.9 cm³/mol. The van der Waals surface area contributed by atoms with E-state index >= 15 is 0 Å². The fraction of sp³-hybridized carbons (Fsp3) is 0.583. The van der Waals surface area contributed by atoms with Crippen LogP contribution in [0.1, 0.15) is 43.5 Å². The van der Waals surface area contributed by atoms with Gasteiger partial charge in [-0.25, -0.2) is 0 Å². The fourth-order valence-electron chi connectivity index (χ4n) is 2.04. The van der Waals surface area contributed by atoms with Crippen molar-refractivity contribution < 1.29 is 4.74 Å². The third-order valence-electron chi connectivity index (χ3n) is 2.80. The summed E-state index contributed by atoms with van der Waals surface area (Å²) in [4.78, 5) is 4.36. The smallest absolute Gasteiger partial charge is 0.125 e. The van der Waals surface area contributed by atoms with Crippen molar-refractivity contribution >= 4 is 0 Å². The molecule has 0 unspecified atom stereocenters. The molecule has 1 aromatic rings. The van der Waals surface area contributed by atoms with Gasteiger partial charge in [0.1, 0.15) is 5.75 Å². The van der Waals surface area contributed by atoms with E-state index in [1.807, 2.05) is 6.07 Å². The van der Waals surface area contributed by atoms with Gasteiger partial charge in [0, 0.05) is 17.8 Å². The highest BCUT2D eigenvalue weighted by atomic mass is 16.5. The molecule has 3 heteroatoms. The van der Waals surface area contributed by atoms with Crippen LogP contribution < -0.4 is 10.5 Å². The third kappa shape index (κ3) is 2.12. The molecule has 0 saturated carbocycles. The molecule has 2 N–H and O–H groups in total. The Labute approximate surface area is 90.7 Å². The van der Waals surface area contributed by atoms with Gasteiger partial charge in [0.15, 0.2) is 0 Å². The first-order valence-electron chi connectivity index (χ1n) is 5.69. The minimum Gasteiger partial charge on any atom is -0.493 e. The second kappa shape index (κ2) is 4.62. The van der Waals surface area contributed by atoms with E-state index in [1.165, 1.54) is 5.56 Å². The molecule has 1 aliphatic carbocycles. The van der Waals surface area contributed by atoms with Crippen LogP contribution in [0.4, 0.5) is 0 Å². The molecular formula is C12H18N2O. The van der Waals surface area contributed by atoms with Crippen molar-refractivity contribution in [2.75, 3.05) is 6.61 Å². The molecule has 3 nitrogen and oxygen atoms in total. The van der Waals surface area contributed by atoms with Crippen molar-refractivity contribution in [2.45, 2.75) is 38.6 Å². The lowest BCUT2D eigenvalue weighted by Crippen LogP contribution is -2.19. The number of pyridine rings is 1. The van der Waals surface area contributed by atoms with Crippen LogP contribution in [0.5, 0.6) is 5.75 Å². The van der Waals surface area contributed by atoms with Crippen LogP contribution in [0.2, 0.25) is 0 Å². The van der Waals surface area contributed by atoms with E-state index in [-0.39, 0.29) is 6.04 Å². The topological polar surface area (TPSA) is 48.1 Å². The lowest BCUT2D eigenvalue weighted by atomic mass is 9.92. The van der Waals surface area contributed by atoms with Gasteiger partial charge in [-0.05, 0) is 31.7 Å². The number of hydrogen-bond donors (Lipinski definition) is 1. The number of rotatable bonds is 3. The molecule has 0 saturated heterocycles. The number of aromatic nitrogens is 1. The van der Waals surface area contributed by atoms with Crippen LogP contribution in [0.3, 0.4) is 0 Å². The van der Waals surface area contributed by atoms with Gasteiger partial charge in [-0.15, -0.1) is 0 Å². The number of hydrogen-bond acceptors (Lipinski definition) is 3. The summed E-state index contributed by atoms with van der Waals surface area (Å²) in [6, 6.07) is 2.05. The number of fused-ring (bicyclic) bond motifs is 1. The standard InChI is InChI=1S/C12H18N2O/c1-2-8-15-11-6-7-14-12-9(11)4-3-5-10(12)13/h6-7,10H,2-5,8,13H2,1H3/t10-/m0/s1. The molecule has 1 heterocycles. The second-order valence-corrected chi connectivity index (χ2v) is 4.02. The summed E-state index contributed by atoms with van der Waals surface area (Å²) in [6.45, 7) is 2.88. The van der Waals surface area contributed by atoms with Crippen LogP contribution in [-0.4, -0.2) is 11.6 Å². The van der Waals surface area contributed by atoms with E-state index in [2.05, 4.69) is 11.9 Å². The second-order valence-electron chi connectivity index (χ2n) is 4.02. The molecule has 1 atom stereocenters. The highest BCUT2D eigenvalue weighted by Crippen LogP contribution is 2.32. The Bertz CT molecular complexity index is 338. The minimum absolute atomic E-state index is 0.0962. The Morgan fingerprint density at radius 3 is 3.27 bits per heavy atom. The van der Waals surface area contributed by atoms with Gasteiger partial charge in [0.2, 0.25) is 0 Å². The van der Waals surface area contributed by atoms with Crippen LogP contribution in [0.25, 0.3) is 0 Å². The highest BCUT2D eigenvalue weighted by molar-refractivity contribution is 5.38. The van der Waals surface area contributed by atoms with E-state index in [1.54, 1.807) is 6.20 Å². The molecule has 0 spiro atoms. The van der Waals surface area contributed by atoms with Gasteiger partial charge < -0.3 is 10.5 Å². The Morgan fingerprint density at radius 2 is 2.47 bits per heavy atom. The quantitative estimate of drug-likeness (QED) is 0.824. The average molecular weight is 206 g/mol. The molecular weight excluding hydrogens is 188 g/mol. The summed E-state index contributed by atoms with van der Waals surface area (Å²) in [5.74, 6) is 0.983. The van der Waals surface area contributed by atoms with E-state index < -0.39 is 0 Å². The predicted octanol–water partition coefficient (Wildman–Crippen LogP) is 2.21. The molecule has 0 bridgehead atoms. The van der Waals surface area contributed by atoms with E-state index in [0.29, 0.717) is 0 Å². The summed E-state index contributed by atoms with van der Waals surface area (Å²) in [7, 11) is 0. The monoisotopic (exact) mass is 206 g/mol. The summed E-state index contributed by atoms with van der Waals surface area (Å²) < 4.78 is 5.71. The van der Waals surface area contributed by atoms with Gasteiger partial charge in [-0.2, -0.15) is 0 Å². The molecule has 0 fully saturated rings. The van der Waals surface area contributed by atoms with E-state index in [9.17, 15) is 0 Å². The largest absolute Gasteiger partial charge is 0.493 e. The zero-order chi connectivity index (χ0) is 10.7. The first-order chi connectivity index (χ1) is 7.33. The number of nitrogens with two attached hydrogens (primary N) is 1. The summed E-state index contributed by atoms with van der Waals surface area (Å²) in [6.07, 6.45) is 6.06. The van der Waals surface area contributed by atoms with Crippen LogP contribution in [0, 0.1) is 0 Å². The Morgan fingerprint density at radius 1 is 1.60 bits per heavy atom. The summed E-state index contributed by atoms with van der Waals surface area (Å²) in [5.41, 5.74) is 8.29. The van der Waals surface area contributed by atoms with E-state index in [4.69, 9.17) is 10.5 Å². The maximum atomic E-state index is 6.03. The molecule has 0 aromatic carbocycles. The van der Waals surface area contributed by atoms with Crippen LogP contribution >= 0.6 is 0 Å². The summed E-state index contributed by atoms with van der Waals surface area (Å²) in [5, 5.41) is 0. The number of nitrogens with zero attached hydrogens (tertiary/aromatic N) is 1. The lowest BCUT2D eigenvalue weighted by Gasteiger charge is -2.23. The molecule has 1 aromatic heterocycles. The minimum atomic E-state index is 0.0962. The SMILES string of the molecule is CCCOc1ccnc2c1CCC[C@@H]2N. The fourth-order valence-corrected chi connectivity index (χ4v) is 2.04. The average Bonchev–Trinajstić information content (AvgIpc) is 2.27. The number of ether oxygens (including phenoxy) is 1. The highest BCUT2D eigenvalue weighted by Gasteiger charge is 2.21. The van der Waals surface area contributed by atoms with Gasteiger partial charge in [0.05, 0.1) is 12.3 Å². The van der Waals surface area contributed by atoms with Crippen LogP contribution in [0.15, 0.2) is 12.3 Å². The zero-order valence-electron chi connectivity index (χ0n) is 9.20. The third-order valence-corrected chi connectivity index (χ3v) is 2.80. The Balaban J connectivity index is 2.27. The zero-order valence-corrected chi connectivity index (χ0v) is 9.20. The van der Waals surface area contributed by atoms with Crippen molar-refractivity contribution in [1.82, 2.24) is 4.98 Å². The molecule has 0 radical (unpaired) electrons. The Kier molecular flexibility index (Phi) is 3.21. The van der Waals surface area contributed by atoms with Crippen molar-refractivity contribution in [3.8, 4) is 5.75 Å². The van der Waals surface area contributed by atoms with Crippen molar-refractivity contribution in [3.63, 3.8) is 0 Å². The van der Waals surface area contributed by atoms with Gasteiger partial charge in [-0.3, -0.25) is 4.98 Å². The molecule has 0 aliphatic heterocycles. The van der Waals surface area contributed by atoms with Gasteiger partial charge in [0.25, 0.3) is 0 Å². The Hall–Kier alpha value is -1.09. The molecule has 0 amide bonds. The maximum Gasteiger partial charge on any atom is 0.125 e. The molecule has 82 valence electrons. The van der Waals surface area contributed by atoms with Gasteiger partial charge >= 0.3 is 0 Å². The molecule has 2 rings (SSSR count). The molecule has 1 aliphatic rings. The first-order valence-corrected chi connectivity index (χ1v) is 5.69. The van der Waals surface area contributed by atoms with Gasteiger partial charge in [-0.1, -0.05) is 6.92 Å². The van der Waals surface area contributed by atoms with Crippen LogP contribution in [-0.2, 0) is 6.42 Å². The van der Waals surface area contributed by atoms with Crippen molar-refractivity contribution in [1.29, 1.82) is 0 Å². The van der Waals surface area contributed by atoms with Crippen molar-refractivity contribution in [3.05, 3.63) is 23.5 Å². The summed E-state index contributed by atoms with van der Waals surface area (Å²) >= 11 is 0. The van der Waals surface area contributed by atoms with E-state index in [0.717, 1.165) is 43.7 Å². The normalized spacial score (nSPS) is 19.7. The maximum absolute atomic E-state index is 6.03.